The standard InChI is InChI=1S/C20H15FN2O2S/c1-12-18(16-4-2-3-5-17(16)22-12)20(24)25-10-15-11-26-19(23-15)13-6-8-14(21)9-7-13/h2-9,11,22H,10H2,1H3. The van der Waals surface area contributed by atoms with Gasteiger partial charge in [0.2, 0.25) is 0 Å². The lowest BCUT2D eigenvalue weighted by molar-refractivity contribution is 0.0470. The van der Waals surface area contributed by atoms with Crippen molar-refractivity contribution in [2.75, 3.05) is 0 Å². The minimum atomic E-state index is -0.378. The molecule has 0 saturated carbocycles. The number of aromatic nitrogens is 2. The fourth-order valence-electron chi connectivity index (χ4n) is 2.85. The van der Waals surface area contributed by atoms with E-state index in [0.717, 1.165) is 27.2 Å². The predicted octanol–water partition coefficient (Wildman–Crippen LogP) is 5.10. The molecule has 130 valence electrons. The molecule has 0 aliphatic carbocycles. The molecule has 4 aromatic rings. The van der Waals surface area contributed by atoms with Gasteiger partial charge in [0.1, 0.15) is 17.4 Å². The Bertz CT molecular complexity index is 1080. The van der Waals surface area contributed by atoms with Crippen LogP contribution in [0.15, 0.2) is 53.9 Å². The fraction of sp³-hybridized carbons (Fsp3) is 0.100. The summed E-state index contributed by atoms with van der Waals surface area (Å²) < 4.78 is 18.5. The molecular formula is C20H15FN2O2S. The molecule has 1 N–H and O–H groups in total. The molecule has 6 heteroatoms. The molecule has 26 heavy (non-hydrogen) atoms. The van der Waals surface area contributed by atoms with E-state index < -0.39 is 0 Å². The second-order valence-electron chi connectivity index (χ2n) is 5.90. The van der Waals surface area contributed by atoms with E-state index in [0.29, 0.717) is 11.3 Å². The molecule has 0 aliphatic rings. The average molecular weight is 366 g/mol. The number of aromatic amines is 1. The van der Waals surface area contributed by atoms with Crippen molar-refractivity contribution in [3.63, 3.8) is 0 Å². The van der Waals surface area contributed by atoms with Crippen LogP contribution in [0.2, 0.25) is 0 Å². The molecule has 2 aromatic carbocycles. The first kappa shape index (κ1) is 16.5. The average Bonchev–Trinajstić information content (AvgIpc) is 3.24. The molecule has 0 atom stereocenters. The third kappa shape index (κ3) is 3.11. The van der Waals surface area contributed by atoms with Gasteiger partial charge in [-0.25, -0.2) is 14.2 Å². The van der Waals surface area contributed by atoms with Crippen LogP contribution in [0.4, 0.5) is 4.39 Å². The van der Waals surface area contributed by atoms with Crippen molar-refractivity contribution in [3.8, 4) is 10.6 Å². The number of nitrogens with one attached hydrogen (secondary N) is 1. The van der Waals surface area contributed by atoms with Gasteiger partial charge in [-0.2, -0.15) is 0 Å². The largest absolute Gasteiger partial charge is 0.455 e. The zero-order valence-corrected chi connectivity index (χ0v) is 14.8. The Morgan fingerprint density at radius 1 is 1.19 bits per heavy atom. The zero-order chi connectivity index (χ0) is 18.1. The van der Waals surface area contributed by atoms with Crippen LogP contribution in [0.5, 0.6) is 0 Å². The number of ether oxygens (including phenoxy) is 1. The van der Waals surface area contributed by atoms with Gasteiger partial charge in [-0.05, 0) is 37.3 Å². The number of benzene rings is 2. The minimum Gasteiger partial charge on any atom is -0.455 e. The maximum absolute atomic E-state index is 13.0. The topological polar surface area (TPSA) is 55.0 Å². The Kier molecular flexibility index (Phi) is 4.26. The summed E-state index contributed by atoms with van der Waals surface area (Å²) in [6.45, 7) is 1.95. The molecule has 0 amide bonds. The lowest BCUT2D eigenvalue weighted by Crippen LogP contribution is -2.06. The van der Waals surface area contributed by atoms with Gasteiger partial charge in [-0.3, -0.25) is 0 Å². The van der Waals surface area contributed by atoms with Gasteiger partial charge in [0, 0.05) is 27.5 Å². The quantitative estimate of drug-likeness (QED) is 0.512. The number of aryl methyl sites for hydroxylation is 1. The minimum absolute atomic E-state index is 0.0927. The van der Waals surface area contributed by atoms with Crippen LogP contribution in [-0.2, 0) is 11.3 Å². The fourth-order valence-corrected chi connectivity index (χ4v) is 3.66. The number of hydrogen-bond acceptors (Lipinski definition) is 4. The molecule has 0 spiro atoms. The van der Waals surface area contributed by atoms with Crippen LogP contribution in [0.1, 0.15) is 21.7 Å². The lowest BCUT2D eigenvalue weighted by Gasteiger charge is -2.03. The SMILES string of the molecule is Cc1[nH]c2ccccc2c1C(=O)OCc1csc(-c2ccc(F)cc2)n1. The molecule has 0 unspecified atom stereocenters. The van der Waals surface area contributed by atoms with Crippen LogP contribution in [-0.4, -0.2) is 15.9 Å². The number of rotatable bonds is 4. The van der Waals surface area contributed by atoms with Gasteiger partial charge in [0.25, 0.3) is 0 Å². The van der Waals surface area contributed by atoms with Crippen LogP contribution in [0.25, 0.3) is 21.5 Å². The number of fused-ring (bicyclic) bond motifs is 1. The van der Waals surface area contributed by atoms with Gasteiger partial charge in [-0.15, -0.1) is 11.3 Å². The Morgan fingerprint density at radius 3 is 2.77 bits per heavy atom. The summed E-state index contributed by atoms with van der Waals surface area (Å²) in [6.07, 6.45) is 0. The highest BCUT2D eigenvalue weighted by Crippen LogP contribution is 2.25. The van der Waals surface area contributed by atoms with E-state index in [1.54, 1.807) is 12.1 Å². The van der Waals surface area contributed by atoms with E-state index in [-0.39, 0.29) is 18.4 Å². The number of halogens is 1. The van der Waals surface area contributed by atoms with Gasteiger partial charge in [0.15, 0.2) is 0 Å². The number of hydrogen-bond donors (Lipinski definition) is 1. The van der Waals surface area contributed by atoms with Crippen molar-refractivity contribution < 1.29 is 13.9 Å². The van der Waals surface area contributed by atoms with Crippen molar-refractivity contribution in [1.29, 1.82) is 0 Å². The van der Waals surface area contributed by atoms with E-state index in [9.17, 15) is 9.18 Å². The number of nitrogens with zero attached hydrogens (tertiary/aromatic N) is 1. The highest BCUT2D eigenvalue weighted by molar-refractivity contribution is 7.13. The molecule has 0 radical (unpaired) electrons. The van der Waals surface area contributed by atoms with E-state index in [1.807, 2.05) is 36.6 Å². The first-order valence-corrected chi connectivity index (χ1v) is 8.94. The van der Waals surface area contributed by atoms with Crippen molar-refractivity contribution in [1.82, 2.24) is 9.97 Å². The number of carbonyl (C=O) groups excluding carboxylic acids is 1. The van der Waals surface area contributed by atoms with E-state index in [1.165, 1.54) is 23.5 Å². The molecule has 0 fully saturated rings. The Balaban J connectivity index is 1.50. The molecule has 0 bridgehead atoms. The molecule has 0 aliphatic heterocycles. The number of H-pyrrole nitrogens is 1. The Hall–Kier alpha value is -2.99. The summed E-state index contributed by atoms with van der Waals surface area (Å²) in [5.74, 6) is -0.662. The maximum atomic E-state index is 13.0. The number of para-hydroxylation sites is 1. The van der Waals surface area contributed by atoms with Crippen molar-refractivity contribution >= 4 is 28.2 Å². The second kappa shape index (κ2) is 6.72. The maximum Gasteiger partial charge on any atom is 0.340 e. The summed E-state index contributed by atoms with van der Waals surface area (Å²) in [7, 11) is 0. The van der Waals surface area contributed by atoms with Crippen LogP contribution in [0, 0.1) is 12.7 Å². The molecule has 2 heterocycles. The third-order valence-electron chi connectivity index (χ3n) is 4.09. The van der Waals surface area contributed by atoms with E-state index in [2.05, 4.69) is 9.97 Å². The van der Waals surface area contributed by atoms with Crippen molar-refractivity contribution in [3.05, 3.63) is 76.7 Å². The first-order chi connectivity index (χ1) is 12.6. The van der Waals surface area contributed by atoms with Crippen molar-refractivity contribution in [2.45, 2.75) is 13.5 Å². The van der Waals surface area contributed by atoms with E-state index >= 15 is 0 Å². The molecule has 4 nitrogen and oxygen atoms in total. The van der Waals surface area contributed by atoms with Gasteiger partial charge >= 0.3 is 5.97 Å². The van der Waals surface area contributed by atoms with Crippen LogP contribution in [0.3, 0.4) is 0 Å². The summed E-state index contributed by atoms with van der Waals surface area (Å²) in [5, 5.41) is 3.45. The number of carbonyl (C=O) groups is 1. The monoisotopic (exact) mass is 366 g/mol. The van der Waals surface area contributed by atoms with Gasteiger partial charge < -0.3 is 9.72 Å². The van der Waals surface area contributed by atoms with Gasteiger partial charge in [-0.1, -0.05) is 18.2 Å². The highest BCUT2D eigenvalue weighted by atomic mass is 32.1. The van der Waals surface area contributed by atoms with Crippen LogP contribution < -0.4 is 0 Å². The normalized spacial score (nSPS) is 11.0. The second-order valence-corrected chi connectivity index (χ2v) is 6.76. The summed E-state index contributed by atoms with van der Waals surface area (Å²) in [5.41, 5.74) is 3.74. The smallest absolute Gasteiger partial charge is 0.340 e. The predicted molar refractivity (Wildman–Crippen MR) is 99.7 cm³/mol. The lowest BCUT2D eigenvalue weighted by atomic mass is 10.1. The molecule has 2 aromatic heterocycles. The summed E-state index contributed by atoms with van der Waals surface area (Å²) in [4.78, 5) is 20.2. The Labute approximate surface area is 153 Å². The first-order valence-electron chi connectivity index (χ1n) is 8.06. The highest BCUT2D eigenvalue weighted by Gasteiger charge is 2.17. The molecular weight excluding hydrogens is 351 g/mol. The third-order valence-corrected chi connectivity index (χ3v) is 5.03. The molecule has 4 rings (SSSR count). The molecule has 0 saturated heterocycles. The zero-order valence-electron chi connectivity index (χ0n) is 14.0. The summed E-state index contributed by atoms with van der Waals surface area (Å²) in [6, 6.07) is 13.8. The van der Waals surface area contributed by atoms with Gasteiger partial charge in [0.05, 0.1) is 11.3 Å². The van der Waals surface area contributed by atoms with Crippen molar-refractivity contribution in [2.24, 2.45) is 0 Å². The summed E-state index contributed by atoms with van der Waals surface area (Å²) >= 11 is 1.43. The van der Waals surface area contributed by atoms with Crippen LogP contribution >= 0.6 is 11.3 Å². The van der Waals surface area contributed by atoms with E-state index in [4.69, 9.17) is 4.74 Å². The number of thiazole rings is 1. The Morgan fingerprint density at radius 2 is 1.96 bits per heavy atom. The number of esters is 1.